The largest absolute Gasteiger partial charge is 0.370 e. The Morgan fingerprint density at radius 3 is 2.81 bits per heavy atom. The first-order valence-electron chi connectivity index (χ1n) is 12.5. The van der Waals surface area contributed by atoms with Crippen molar-refractivity contribution in [3.63, 3.8) is 0 Å². The average molecular weight is 521 g/mol. The van der Waals surface area contributed by atoms with E-state index in [0.29, 0.717) is 12.4 Å². The Kier molecular flexibility index (Phi) is 7.28. The minimum absolute atomic E-state index is 0.0242. The fourth-order valence-electron chi connectivity index (χ4n) is 4.80. The number of hydrogen-bond donors (Lipinski definition) is 1. The van der Waals surface area contributed by atoms with Crippen LogP contribution in [0.5, 0.6) is 0 Å². The molecule has 1 aliphatic heterocycles. The van der Waals surface area contributed by atoms with E-state index in [1.807, 2.05) is 6.07 Å². The molecule has 0 aliphatic carbocycles. The summed E-state index contributed by atoms with van der Waals surface area (Å²) in [5.74, 6) is 0.346. The highest BCUT2D eigenvalue weighted by Crippen LogP contribution is 2.42. The Hall–Kier alpha value is -2.55. The molecule has 6 nitrogen and oxygen atoms in total. The maximum absolute atomic E-state index is 12.7. The lowest BCUT2D eigenvalue weighted by molar-refractivity contribution is -0.119. The second-order valence-electron chi connectivity index (χ2n) is 10.0. The van der Waals surface area contributed by atoms with Crippen molar-refractivity contribution in [1.82, 2.24) is 20.3 Å². The highest BCUT2D eigenvalue weighted by atomic mass is 32.2. The lowest BCUT2D eigenvalue weighted by Gasteiger charge is -2.33. The number of rotatable bonds is 8. The van der Waals surface area contributed by atoms with Crippen LogP contribution in [-0.2, 0) is 35.4 Å². The van der Waals surface area contributed by atoms with Gasteiger partial charge in [-0.15, -0.1) is 11.3 Å². The summed E-state index contributed by atoms with van der Waals surface area (Å²) in [6, 6.07) is 10.5. The van der Waals surface area contributed by atoms with Gasteiger partial charge < -0.3 is 10.1 Å². The molecule has 0 fully saturated rings. The number of carbonyl (C=O) groups excluding carboxylic acids is 1. The second-order valence-corrected chi connectivity index (χ2v) is 12.0. The summed E-state index contributed by atoms with van der Waals surface area (Å²) in [5, 5.41) is 5.10. The molecule has 1 N–H and O–H groups in total. The highest BCUT2D eigenvalue weighted by molar-refractivity contribution is 8.00. The van der Waals surface area contributed by atoms with Crippen molar-refractivity contribution in [2.45, 2.75) is 76.7 Å². The molecule has 188 valence electrons. The predicted octanol–water partition coefficient (Wildman–Crippen LogP) is 5.88. The minimum Gasteiger partial charge on any atom is -0.370 e. The van der Waals surface area contributed by atoms with Gasteiger partial charge in [0.1, 0.15) is 16.2 Å². The Labute approximate surface area is 220 Å². The second kappa shape index (κ2) is 10.4. The summed E-state index contributed by atoms with van der Waals surface area (Å²) in [5.41, 5.74) is 5.62. The van der Waals surface area contributed by atoms with Gasteiger partial charge in [0.15, 0.2) is 0 Å². The molecule has 5 rings (SSSR count). The number of nitrogens with zero attached hydrogens (tertiary/aromatic N) is 3. The number of ether oxygens (including phenoxy) is 1. The first kappa shape index (κ1) is 25.1. The first-order chi connectivity index (χ1) is 17.3. The lowest BCUT2D eigenvalue weighted by atomic mass is 9.89. The number of thiophene rings is 1. The normalized spacial score (nSPS) is 15.7. The van der Waals surface area contributed by atoms with E-state index < -0.39 is 0 Å². The van der Waals surface area contributed by atoms with E-state index in [-0.39, 0.29) is 17.6 Å². The van der Waals surface area contributed by atoms with E-state index in [0.717, 1.165) is 56.8 Å². The number of nitrogens with one attached hydrogen (secondary N) is 1. The van der Waals surface area contributed by atoms with E-state index in [1.165, 1.54) is 28.5 Å². The number of hydrogen-bond acceptors (Lipinski definition) is 7. The highest BCUT2D eigenvalue weighted by Gasteiger charge is 2.31. The van der Waals surface area contributed by atoms with Gasteiger partial charge in [0, 0.05) is 29.1 Å². The molecule has 0 bridgehead atoms. The van der Waals surface area contributed by atoms with Crippen LogP contribution in [0.1, 0.15) is 56.5 Å². The van der Waals surface area contributed by atoms with Crippen LogP contribution in [0.25, 0.3) is 20.4 Å². The quantitative estimate of drug-likeness (QED) is 0.231. The first-order valence-corrected chi connectivity index (χ1v) is 14.3. The Morgan fingerprint density at radius 2 is 2.03 bits per heavy atom. The maximum atomic E-state index is 12.7. The molecule has 0 spiro atoms. The van der Waals surface area contributed by atoms with Crippen LogP contribution in [0.15, 0.2) is 41.7 Å². The van der Waals surface area contributed by atoms with Crippen LogP contribution in [0.3, 0.4) is 0 Å². The van der Waals surface area contributed by atoms with Crippen molar-refractivity contribution in [1.29, 1.82) is 0 Å². The molecule has 0 unspecified atom stereocenters. The van der Waals surface area contributed by atoms with Crippen LogP contribution in [0.4, 0.5) is 0 Å². The number of amides is 1. The molecule has 1 amide bonds. The van der Waals surface area contributed by atoms with Crippen LogP contribution >= 0.6 is 23.1 Å². The van der Waals surface area contributed by atoms with Gasteiger partial charge in [0.2, 0.25) is 5.91 Å². The summed E-state index contributed by atoms with van der Waals surface area (Å²) in [7, 11) is 0. The summed E-state index contributed by atoms with van der Waals surface area (Å²) in [4.78, 5) is 27.9. The molecular formula is C28H32N4O2S2. The third-order valence-electron chi connectivity index (χ3n) is 6.67. The molecule has 0 radical (unpaired) electrons. The summed E-state index contributed by atoms with van der Waals surface area (Å²) >= 11 is 3.10. The number of benzene rings is 1. The topological polar surface area (TPSA) is 77.0 Å². The Morgan fingerprint density at radius 1 is 1.22 bits per heavy atom. The number of thioether (sulfide) groups is 1. The molecule has 4 heterocycles. The number of pyridine rings is 1. The van der Waals surface area contributed by atoms with Gasteiger partial charge in [-0.2, -0.15) is 0 Å². The zero-order chi connectivity index (χ0) is 25.3. The molecule has 3 aromatic heterocycles. The summed E-state index contributed by atoms with van der Waals surface area (Å²) in [6.45, 7) is 9.06. The lowest BCUT2D eigenvalue weighted by Crippen LogP contribution is -2.34. The number of carbonyl (C=O) groups is 1. The molecule has 1 aromatic carbocycles. The van der Waals surface area contributed by atoms with Gasteiger partial charge in [-0.25, -0.2) is 15.0 Å². The molecule has 4 aromatic rings. The average Bonchev–Trinajstić information content (AvgIpc) is 3.25. The van der Waals surface area contributed by atoms with Crippen LogP contribution in [0, 0.1) is 0 Å². The monoisotopic (exact) mass is 520 g/mol. The smallest absolute Gasteiger partial charge is 0.230 e. The molecule has 8 heteroatoms. The van der Waals surface area contributed by atoms with E-state index in [2.05, 4.69) is 67.2 Å². The van der Waals surface area contributed by atoms with Crippen LogP contribution in [0.2, 0.25) is 0 Å². The molecular weight excluding hydrogens is 488 g/mol. The maximum Gasteiger partial charge on any atom is 0.230 e. The zero-order valence-corrected chi connectivity index (χ0v) is 22.9. The fraction of sp³-hybridized carbons (Fsp3) is 0.429. The van der Waals surface area contributed by atoms with E-state index in [4.69, 9.17) is 9.72 Å². The number of aryl methyl sites for hydroxylation is 2. The molecule has 0 saturated heterocycles. The molecule has 36 heavy (non-hydrogen) atoms. The number of aromatic nitrogens is 3. The van der Waals surface area contributed by atoms with Gasteiger partial charge in [-0.3, -0.25) is 4.79 Å². The van der Waals surface area contributed by atoms with Crippen LogP contribution in [-0.4, -0.2) is 38.3 Å². The summed E-state index contributed by atoms with van der Waals surface area (Å²) in [6.07, 6.45) is 5.16. The number of fused-ring (bicyclic) bond motifs is 5. The van der Waals surface area contributed by atoms with Crippen molar-refractivity contribution < 1.29 is 9.53 Å². The SMILES string of the molecule is CCc1nc2sc3c(SCC(=O)N[C@@H](C)CCc4ccccc4)ncnc3c2c2c1COC(C)(C)C2. The van der Waals surface area contributed by atoms with E-state index in [9.17, 15) is 4.79 Å². The van der Waals surface area contributed by atoms with Crippen molar-refractivity contribution in [3.05, 3.63) is 59.0 Å². The zero-order valence-electron chi connectivity index (χ0n) is 21.3. The summed E-state index contributed by atoms with van der Waals surface area (Å²) < 4.78 is 7.13. The van der Waals surface area contributed by atoms with Crippen molar-refractivity contribution in [3.8, 4) is 0 Å². The van der Waals surface area contributed by atoms with Gasteiger partial charge in [-0.1, -0.05) is 49.0 Å². The molecule has 1 atom stereocenters. The van der Waals surface area contributed by atoms with Gasteiger partial charge in [0.25, 0.3) is 0 Å². The van der Waals surface area contributed by atoms with Crippen molar-refractivity contribution in [2.75, 3.05) is 5.75 Å². The van der Waals surface area contributed by atoms with Gasteiger partial charge >= 0.3 is 0 Å². The Balaban J connectivity index is 1.34. The third-order valence-corrected chi connectivity index (χ3v) is 8.87. The van der Waals surface area contributed by atoms with E-state index in [1.54, 1.807) is 17.7 Å². The van der Waals surface area contributed by atoms with Crippen molar-refractivity contribution in [2.24, 2.45) is 0 Å². The predicted molar refractivity (Wildman–Crippen MR) is 148 cm³/mol. The van der Waals surface area contributed by atoms with Gasteiger partial charge in [-0.05, 0) is 51.2 Å². The standard InChI is InChI=1S/C28H32N4O2S2/c1-5-21-20-14-34-28(3,4)13-19(20)23-24-25(36-26(23)32-21)27(30-16-29-24)35-15-22(33)31-17(2)11-12-18-9-7-6-8-10-18/h6-10,16-17H,5,11-15H2,1-4H3,(H,31,33)/t17-/m0/s1. The third kappa shape index (κ3) is 5.26. The molecule has 0 saturated carbocycles. The van der Waals surface area contributed by atoms with Crippen molar-refractivity contribution >= 4 is 49.4 Å². The fourth-order valence-corrected chi connectivity index (χ4v) is 6.86. The molecule has 1 aliphatic rings. The van der Waals surface area contributed by atoms with E-state index >= 15 is 0 Å². The minimum atomic E-state index is -0.222. The van der Waals surface area contributed by atoms with Gasteiger partial charge in [0.05, 0.1) is 28.2 Å². The Bertz CT molecular complexity index is 1400. The van der Waals surface area contributed by atoms with Crippen LogP contribution < -0.4 is 5.32 Å².